The fourth-order valence-corrected chi connectivity index (χ4v) is 4.31. The van der Waals surface area contributed by atoms with Crippen molar-refractivity contribution in [2.24, 2.45) is 9.98 Å². The number of carbonyl (C=O) groups is 2. The molecule has 3 rings (SSSR count). The smallest absolute Gasteiger partial charge is 0.303 e. The number of aliphatic imine (C=N–C) groups is 2. The maximum Gasteiger partial charge on any atom is 0.303 e. The van der Waals surface area contributed by atoms with E-state index in [1.54, 1.807) is 0 Å². The number of nitrogens with zero attached hydrogens (tertiary/aromatic N) is 4. The van der Waals surface area contributed by atoms with Crippen LogP contribution in [0.2, 0.25) is 0 Å². The second-order valence-electron chi connectivity index (χ2n) is 7.25. The highest BCUT2D eigenvalue weighted by Crippen LogP contribution is 2.38. The third-order valence-corrected chi connectivity index (χ3v) is 5.40. The van der Waals surface area contributed by atoms with Crippen LogP contribution in [0.3, 0.4) is 0 Å². The molecular weight excluding hydrogens is 346 g/mol. The quantitative estimate of drug-likeness (QED) is 0.468. The van der Waals surface area contributed by atoms with E-state index >= 15 is 0 Å². The minimum atomic E-state index is -0.420. The number of hydrogen-bond donors (Lipinski definition) is 1. The van der Waals surface area contributed by atoms with E-state index in [1.807, 2.05) is 17.2 Å². The van der Waals surface area contributed by atoms with Crippen LogP contribution >= 0.6 is 0 Å². The number of ether oxygens (including phenoxy) is 1. The Morgan fingerprint density at radius 1 is 1.37 bits per heavy atom. The van der Waals surface area contributed by atoms with Crippen molar-refractivity contribution in [3.05, 3.63) is 17.8 Å². The molecule has 3 heterocycles. The Bertz CT molecular complexity index is 729. The summed E-state index contributed by atoms with van der Waals surface area (Å²) >= 11 is 0. The zero-order chi connectivity index (χ0) is 19.3. The number of piperidine rings is 1. The van der Waals surface area contributed by atoms with Crippen LogP contribution in [0.4, 0.5) is 5.82 Å². The van der Waals surface area contributed by atoms with Gasteiger partial charge in [-0.05, 0) is 45.0 Å². The Hall–Kier alpha value is -2.48. The molecule has 0 aromatic carbocycles. The van der Waals surface area contributed by atoms with Crippen LogP contribution < -0.4 is 0 Å². The molecule has 1 spiro atoms. The number of likely N-dealkylation sites (tertiary alicyclic amines) is 2. The van der Waals surface area contributed by atoms with Crippen LogP contribution in [0.25, 0.3) is 0 Å². The molecule has 1 unspecified atom stereocenters. The molecule has 0 saturated carbocycles. The molecule has 27 heavy (non-hydrogen) atoms. The average Bonchev–Trinajstić information content (AvgIpc) is 3.25. The van der Waals surface area contributed by atoms with E-state index in [2.05, 4.69) is 26.6 Å². The number of hydrogen-bond acceptors (Lipinski definition) is 5. The minimum absolute atomic E-state index is 0.0893. The van der Waals surface area contributed by atoms with Crippen molar-refractivity contribution in [1.29, 1.82) is 0 Å². The largest absolute Gasteiger partial charge is 0.456 e. The molecule has 2 aliphatic heterocycles. The number of aromatic amines is 1. The van der Waals surface area contributed by atoms with Gasteiger partial charge in [-0.2, -0.15) is 0 Å². The molecule has 0 radical (unpaired) electrons. The summed E-state index contributed by atoms with van der Waals surface area (Å²) in [5.74, 6) is 0.279. The predicted octanol–water partition coefficient (Wildman–Crippen LogP) is 1.90. The number of nitrogens with one attached hydrogen (secondary N) is 1. The standard InChI is InChI=1S/C19H27N5O3/c1-15(25)27-12-17(26)24-10-4-7-19(24)6-3-9-23(13-19)11-16-5-8-21-18(16)22-14-20-2/h5,8,14,21H,2-4,6-7,9-13H2,1H3/b22-14-. The first-order valence-electron chi connectivity index (χ1n) is 9.35. The third-order valence-electron chi connectivity index (χ3n) is 5.40. The van der Waals surface area contributed by atoms with E-state index < -0.39 is 5.97 Å². The number of esters is 1. The number of carbonyl (C=O) groups excluding carboxylic acids is 2. The maximum absolute atomic E-state index is 12.6. The fraction of sp³-hybridized carbons (Fsp3) is 0.579. The van der Waals surface area contributed by atoms with Gasteiger partial charge < -0.3 is 14.6 Å². The summed E-state index contributed by atoms with van der Waals surface area (Å²) in [4.78, 5) is 39.0. The lowest BCUT2D eigenvalue weighted by atomic mass is 9.86. The van der Waals surface area contributed by atoms with Crippen LogP contribution in [0, 0.1) is 0 Å². The fourth-order valence-electron chi connectivity index (χ4n) is 4.31. The average molecular weight is 373 g/mol. The highest BCUT2D eigenvalue weighted by atomic mass is 16.5. The van der Waals surface area contributed by atoms with Crippen molar-refractivity contribution >= 4 is 30.8 Å². The van der Waals surface area contributed by atoms with Crippen LogP contribution in [-0.2, 0) is 20.9 Å². The monoisotopic (exact) mass is 373 g/mol. The van der Waals surface area contributed by atoms with E-state index in [0.717, 1.165) is 63.2 Å². The molecule has 2 fully saturated rings. The van der Waals surface area contributed by atoms with Crippen LogP contribution in [-0.4, -0.2) is 71.5 Å². The summed E-state index contributed by atoms with van der Waals surface area (Å²) in [5.41, 5.74) is 0.945. The number of rotatable bonds is 6. The summed E-state index contributed by atoms with van der Waals surface area (Å²) < 4.78 is 4.94. The Morgan fingerprint density at radius 3 is 2.89 bits per heavy atom. The van der Waals surface area contributed by atoms with E-state index in [9.17, 15) is 9.59 Å². The third kappa shape index (κ3) is 4.44. The van der Waals surface area contributed by atoms with Crippen LogP contribution in [0.5, 0.6) is 0 Å². The first kappa shape index (κ1) is 19.3. The van der Waals surface area contributed by atoms with E-state index in [4.69, 9.17) is 4.74 Å². The van der Waals surface area contributed by atoms with Crippen molar-refractivity contribution in [3.63, 3.8) is 0 Å². The highest BCUT2D eigenvalue weighted by Gasteiger charge is 2.46. The molecule has 146 valence electrons. The van der Waals surface area contributed by atoms with Crippen LogP contribution in [0.15, 0.2) is 22.2 Å². The Kier molecular flexibility index (Phi) is 6.05. The lowest BCUT2D eigenvalue weighted by molar-refractivity contribution is -0.153. The first-order valence-corrected chi connectivity index (χ1v) is 9.35. The Labute approximate surface area is 159 Å². The van der Waals surface area contributed by atoms with Gasteiger partial charge in [0.25, 0.3) is 5.91 Å². The Morgan fingerprint density at radius 2 is 2.15 bits per heavy atom. The molecule has 1 atom stereocenters. The van der Waals surface area contributed by atoms with Gasteiger partial charge in [-0.3, -0.25) is 19.5 Å². The van der Waals surface area contributed by atoms with Gasteiger partial charge in [0.15, 0.2) is 6.61 Å². The summed E-state index contributed by atoms with van der Waals surface area (Å²) in [5, 5.41) is 0. The lowest BCUT2D eigenvalue weighted by Crippen LogP contribution is -2.57. The second kappa shape index (κ2) is 8.47. The molecule has 8 nitrogen and oxygen atoms in total. The molecule has 8 heteroatoms. The predicted molar refractivity (Wildman–Crippen MR) is 103 cm³/mol. The van der Waals surface area contributed by atoms with Crippen molar-refractivity contribution in [2.45, 2.75) is 44.7 Å². The molecule has 2 saturated heterocycles. The molecule has 1 N–H and O–H groups in total. The van der Waals surface area contributed by atoms with Gasteiger partial charge in [0.05, 0.1) is 5.54 Å². The van der Waals surface area contributed by atoms with Gasteiger partial charge in [0.2, 0.25) is 0 Å². The van der Waals surface area contributed by atoms with Gasteiger partial charge in [-0.15, -0.1) is 0 Å². The van der Waals surface area contributed by atoms with Crippen molar-refractivity contribution in [2.75, 3.05) is 26.2 Å². The zero-order valence-electron chi connectivity index (χ0n) is 15.8. The molecule has 1 aromatic rings. The summed E-state index contributed by atoms with van der Waals surface area (Å²) in [6.07, 6.45) is 7.31. The van der Waals surface area contributed by atoms with Gasteiger partial charge in [0.1, 0.15) is 12.2 Å². The van der Waals surface area contributed by atoms with E-state index in [-0.39, 0.29) is 18.1 Å². The highest BCUT2D eigenvalue weighted by molar-refractivity contribution is 5.81. The second-order valence-corrected chi connectivity index (χ2v) is 7.25. The normalized spacial score (nSPS) is 23.2. The summed E-state index contributed by atoms with van der Waals surface area (Å²) in [6.45, 7) is 7.89. The lowest BCUT2D eigenvalue weighted by Gasteiger charge is -2.46. The topological polar surface area (TPSA) is 90.4 Å². The van der Waals surface area contributed by atoms with Crippen LogP contribution in [0.1, 0.15) is 38.2 Å². The first-order chi connectivity index (χ1) is 13.0. The molecule has 1 aromatic heterocycles. The molecule has 0 aliphatic carbocycles. The summed E-state index contributed by atoms with van der Waals surface area (Å²) in [7, 11) is 0. The minimum Gasteiger partial charge on any atom is -0.456 e. The zero-order valence-corrected chi connectivity index (χ0v) is 15.8. The van der Waals surface area contributed by atoms with Crippen molar-refractivity contribution in [3.8, 4) is 0 Å². The SMILES string of the molecule is C=N/C=N\c1[nH]ccc1CN1CCCC2(CCCN2C(=O)COC(C)=O)C1. The molecular formula is C19H27N5O3. The van der Waals surface area contributed by atoms with Gasteiger partial charge in [-0.1, -0.05) is 0 Å². The van der Waals surface area contributed by atoms with Gasteiger partial charge in [-0.25, -0.2) is 4.99 Å². The number of amides is 1. The summed E-state index contributed by atoms with van der Waals surface area (Å²) in [6, 6.07) is 2.02. The van der Waals surface area contributed by atoms with Gasteiger partial charge >= 0.3 is 5.97 Å². The van der Waals surface area contributed by atoms with Crippen molar-refractivity contribution in [1.82, 2.24) is 14.8 Å². The number of aromatic nitrogens is 1. The molecule has 2 aliphatic rings. The number of H-pyrrole nitrogens is 1. The van der Waals surface area contributed by atoms with Gasteiger partial charge in [0, 0.05) is 38.3 Å². The maximum atomic E-state index is 12.6. The van der Waals surface area contributed by atoms with E-state index in [1.165, 1.54) is 13.3 Å². The van der Waals surface area contributed by atoms with Crippen molar-refractivity contribution < 1.29 is 14.3 Å². The molecule has 0 bridgehead atoms. The molecule has 1 amide bonds. The van der Waals surface area contributed by atoms with E-state index in [0.29, 0.717) is 0 Å². The Balaban J connectivity index is 1.68.